The minimum absolute atomic E-state index is 0.0405. The van der Waals surface area contributed by atoms with Crippen LogP contribution in [0.15, 0.2) is 24.3 Å². The van der Waals surface area contributed by atoms with Crippen molar-refractivity contribution < 1.29 is 14.3 Å². The first-order valence-electron chi connectivity index (χ1n) is 6.34. The smallest absolute Gasteiger partial charge is 0.257 e. The third kappa shape index (κ3) is 3.65. The van der Waals surface area contributed by atoms with E-state index in [0.717, 1.165) is 18.3 Å². The topological polar surface area (TPSA) is 47.6 Å². The minimum Gasteiger partial charge on any atom is -0.493 e. The second-order valence-corrected chi connectivity index (χ2v) is 4.54. The fourth-order valence-corrected chi connectivity index (χ4v) is 1.73. The Labute approximate surface area is 107 Å². The number of benzene rings is 1. The maximum Gasteiger partial charge on any atom is 0.257 e. The van der Waals surface area contributed by atoms with Crippen molar-refractivity contribution >= 4 is 5.91 Å². The Morgan fingerprint density at radius 1 is 1.22 bits per heavy atom. The van der Waals surface area contributed by atoms with Crippen molar-refractivity contribution in [3.63, 3.8) is 0 Å². The summed E-state index contributed by atoms with van der Waals surface area (Å²) >= 11 is 0. The normalized spacial score (nSPS) is 14.7. The molecule has 2 rings (SSSR count). The number of hydrogen-bond acceptors (Lipinski definition) is 3. The van der Waals surface area contributed by atoms with Crippen LogP contribution < -0.4 is 14.8 Å². The number of carbonyl (C=O) groups is 1. The molecule has 0 atom stereocenters. The number of nitrogens with one attached hydrogen (secondary N) is 1. The van der Waals surface area contributed by atoms with Crippen LogP contribution in [0.2, 0.25) is 0 Å². The lowest BCUT2D eigenvalue weighted by molar-refractivity contribution is -0.122. The molecule has 0 radical (unpaired) electrons. The molecule has 0 spiro atoms. The summed E-state index contributed by atoms with van der Waals surface area (Å²) in [5, 5.41) is 2.50. The molecule has 98 valence electrons. The van der Waals surface area contributed by atoms with E-state index in [-0.39, 0.29) is 12.5 Å². The Morgan fingerprint density at radius 3 is 2.33 bits per heavy atom. The van der Waals surface area contributed by atoms with Crippen molar-refractivity contribution in [1.29, 1.82) is 0 Å². The molecule has 0 saturated heterocycles. The number of likely N-dealkylation sites (N-methyl/N-ethyl adjacent to an activating group) is 1. The van der Waals surface area contributed by atoms with E-state index in [1.165, 1.54) is 19.3 Å². The number of amides is 1. The Bertz CT molecular complexity index is 385. The highest BCUT2D eigenvalue weighted by Gasteiger charge is 2.17. The van der Waals surface area contributed by atoms with Gasteiger partial charge in [-0.3, -0.25) is 4.79 Å². The molecule has 0 aromatic heterocycles. The zero-order valence-electron chi connectivity index (χ0n) is 10.6. The lowest BCUT2D eigenvalue weighted by Crippen LogP contribution is -2.24. The van der Waals surface area contributed by atoms with Crippen molar-refractivity contribution in [3.8, 4) is 11.5 Å². The summed E-state index contributed by atoms with van der Waals surface area (Å²) in [4.78, 5) is 11.0. The van der Waals surface area contributed by atoms with Crippen LogP contribution in [0.1, 0.15) is 19.3 Å². The Hall–Kier alpha value is -1.71. The van der Waals surface area contributed by atoms with Gasteiger partial charge >= 0.3 is 0 Å². The van der Waals surface area contributed by atoms with Crippen molar-refractivity contribution in [1.82, 2.24) is 5.32 Å². The Morgan fingerprint density at radius 2 is 1.83 bits per heavy atom. The van der Waals surface area contributed by atoms with Gasteiger partial charge in [-0.05, 0) is 43.0 Å². The van der Waals surface area contributed by atoms with Crippen molar-refractivity contribution in [2.45, 2.75) is 19.3 Å². The number of carbonyl (C=O) groups excluding carboxylic acids is 1. The molecule has 1 aromatic carbocycles. The average molecular weight is 249 g/mol. The van der Waals surface area contributed by atoms with E-state index in [0.29, 0.717) is 5.75 Å². The first-order valence-corrected chi connectivity index (χ1v) is 6.34. The van der Waals surface area contributed by atoms with E-state index in [9.17, 15) is 4.79 Å². The monoisotopic (exact) mass is 249 g/mol. The van der Waals surface area contributed by atoms with Crippen LogP contribution in [-0.4, -0.2) is 26.2 Å². The SMILES string of the molecule is CNC(=O)COc1ccc(OCC2CCC2)cc1. The molecular formula is C14H19NO3. The van der Waals surface area contributed by atoms with Crippen LogP contribution in [-0.2, 0) is 4.79 Å². The van der Waals surface area contributed by atoms with Crippen LogP contribution >= 0.6 is 0 Å². The van der Waals surface area contributed by atoms with Gasteiger partial charge in [-0.1, -0.05) is 6.42 Å². The molecule has 1 fully saturated rings. The van der Waals surface area contributed by atoms with E-state index in [1.54, 1.807) is 7.05 Å². The molecule has 1 N–H and O–H groups in total. The summed E-state index contributed by atoms with van der Waals surface area (Å²) in [7, 11) is 1.59. The van der Waals surface area contributed by atoms with Crippen LogP contribution in [0.4, 0.5) is 0 Å². The molecule has 4 heteroatoms. The van der Waals surface area contributed by atoms with Crippen LogP contribution in [0.5, 0.6) is 11.5 Å². The molecule has 0 heterocycles. The van der Waals surface area contributed by atoms with Crippen molar-refractivity contribution in [3.05, 3.63) is 24.3 Å². The predicted molar refractivity (Wildman–Crippen MR) is 68.8 cm³/mol. The average Bonchev–Trinajstić information content (AvgIpc) is 2.35. The summed E-state index contributed by atoms with van der Waals surface area (Å²) in [5.74, 6) is 2.12. The number of ether oxygens (including phenoxy) is 2. The van der Waals surface area contributed by atoms with Gasteiger partial charge in [0.2, 0.25) is 0 Å². The van der Waals surface area contributed by atoms with Crippen LogP contribution in [0, 0.1) is 5.92 Å². The summed E-state index contributed by atoms with van der Waals surface area (Å²) in [5.41, 5.74) is 0. The maximum absolute atomic E-state index is 11.0. The van der Waals surface area contributed by atoms with E-state index in [2.05, 4.69) is 5.32 Å². The second kappa shape index (κ2) is 6.28. The van der Waals surface area contributed by atoms with Crippen molar-refractivity contribution in [2.75, 3.05) is 20.3 Å². The van der Waals surface area contributed by atoms with Crippen molar-refractivity contribution in [2.24, 2.45) is 5.92 Å². The minimum atomic E-state index is -0.139. The molecule has 0 aliphatic heterocycles. The lowest BCUT2D eigenvalue weighted by atomic mass is 9.86. The maximum atomic E-state index is 11.0. The Balaban J connectivity index is 1.75. The van der Waals surface area contributed by atoms with Gasteiger partial charge in [0.25, 0.3) is 5.91 Å². The van der Waals surface area contributed by atoms with Gasteiger partial charge in [0.05, 0.1) is 6.61 Å². The number of rotatable bonds is 6. The van der Waals surface area contributed by atoms with E-state index in [1.807, 2.05) is 24.3 Å². The summed E-state index contributed by atoms with van der Waals surface area (Å²) < 4.78 is 11.0. The molecule has 0 unspecified atom stereocenters. The third-order valence-corrected chi connectivity index (χ3v) is 3.18. The highest BCUT2D eigenvalue weighted by molar-refractivity contribution is 5.77. The van der Waals surface area contributed by atoms with Crippen LogP contribution in [0.25, 0.3) is 0 Å². The molecular weight excluding hydrogens is 230 g/mol. The molecule has 1 amide bonds. The molecule has 1 aromatic rings. The van der Waals surface area contributed by atoms with E-state index < -0.39 is 0 Å². The second-order valence-electron chi connectivity index (χ2n) is 4.54. The first-order chi connectivity index (χ1) is 8.78. The summed E-state index contributed by atoms with van der Waals surface area (Å²) in [6, 6.07) is 7.38. The quantitative estimate of drug-likeness (QED) is 0.838. The third-order valence-electron chi connectivity index (χ3n) is 3.18. The molecule has 18 heavy (non-hydrogen) atoms. The van der Waals surface area contributed by atoms with Gasteiger partial charge in [-0.2, -0.15) is 0 Å². The zero-order valence-corrected chi connectivity index (χ0v) is 10.6. The van der Waals surface area contributed by atoms with E-state index in [4.69, 9.17) is 9.47 Å². The molecule has 1 aliphatic rings. The standard InChI is InChI=1S/C14H19NO3/c1-15-14(16)10-18-13-7-5-12(6-8-13)17-9-11-3-2-4-11/h5-8,11H,2-4,9-10H2,1H3,(H,15,16). The van der Waals surface area contributed by atoms with E-state index >= 15 is 0 Å². The Kier molecular flexibility index (Phi) is 4.45. The lowest BCUT2D eigenvalue weighted by Gasteiger charge is -2.25. The number of hydrogen-bond donors (Lipinski definition) is 1. The van der Waals surface area contributed by atoms with Gasteiger partial charge in [0.1, 0.15) is 11.5 Å². The molecule has 0 bridgehead atoms. The summed E-state index contributed by atoms with van der Waals surface area (Å²) in [6.07, 6.45) is 3.90. The van der Waals surface area contributed by atoms with Gasteiger partial charge in [-0.15, -0.1) is 0 Å². The fraction of sp³-hybridized carbons (Fsp3) is 0.500. The molecule has 4 nitrogen and oxygen atoms in total. The van der Waals surface area contributed by atoms with Gasteiger partial charge in [0.15, 0.2) is 6.61 Å². The van der Waals surface area contributed by atoms with Gasteiger partial charge in [0, 0.05) is 7.05 Å². The fourth-order valence-electron chi connectivity index (χ4n) is 1.73. The van der Waals surface area contributed by atoms with Gasteiger partial charge < -0.3 is 14.8 Å². The predicted octanol–water partition coefficient (Wildman–Crippen LogP) is 1.99. The molecule has 1 saturated carbocycles. The highest BCUT2D eigenvalue weighted by atomic mass is 16.5. The highest BCUT2D eigenvalue weighted by Crippen LogP contribution is 2.27. The van der Waals surface area contributed by atoms with Crippen LogP contribution in [0.3, 0.4) is 0 Å². The van der Waals surface area contributed by atoms with Gasteiger partial charge in [-0.25, -0.2) is 0 Å². The largest absolute Gasteiger partial charge is 0.493 e. The first kappa shape index (κ1) is 12.7. The summed E-state index contributed by atoms with van der Waals surface area (Å²) in [6.45, 7) is 0.844. The molecule has 1 aliphatic carbocycles. The zero-order chi connectivity index (χ0) is 12.8.